The Morgan fingerprint density at radius 2 is 1.89 bits per heavy atom. The molecule has 4 rings (SSSR count). The van der Waals surface area contributed by atoms with Crippen LogP contribution in [0.15, 0.2) is 36.7 Å². The van der Waals surface area contributed by atoms with E-state index in [4.69, 9.17) is 4.98 Å². The standard InChI is InChI=1S/C22H26N6/c1-21(2)10-15(11-22(3,4)28-21)26-20-24-8-7-19(27-20)17-13-25-18-6-5-14(12-23)9-16(17)18/h5-9,13,15,25,28H,10-11H2,1-4H3,(H,24,26,27). The maximum atomic E-state index is 9.21. The molecular weight excluding hydrogens is 348 g/mol. The number of hydrogen-bond donors (Lipinski definition) is 3. The molecule has 28 heavy (non-hydrogen) atoms. The fourth-order valence-electron chi connectivity index (χ4n) is 4.59. The molecule has 2 aromatic heterocycles. The highest BCUT2D eigenvalue weighted by molar-refractivity contribution is 5.95. The second-order valence-corrected chi connectivity index (χ2v) is 8.98. The largest absolute Gasteiger partial charge is 0.360 e. The summed E-state index contributed by atoms with van der Waals surface area (Å²) in [5.74, 6) is 0.641. The molecule has 0 aliphatic carbocycles. The van der Waals surface area contributed by atoms with Gasteiger partial charge in [0.15, 0.2) is 0 Å². The Morgan fingerprint density at radius 3 is 2.61 bits per heavy atom. The Labute approximate surface area is 165 Å². The molecule has 0 atom stereocenters. The Morgan fingerprint density at radius 1 is 1.14 bits per heavy atom. The summed E-state index contributed by atoms with van der Waals surface area (Å²) in [5.41, 5.74) is 3.56. The number of benzene rings is 1. The lowest BCUT2D eigenvalue weighted by atomic mass is 9.80. The summed E-state index contributed by atoms with van der Waals surface area (Å²) in [6, 6.07) is 10.1. The van der Waals surface area contributed by atoms with E-state index in [1.807, 2.05) is 30.5 Å². The number of nitrogens with zero attached hydrogens (tertiary/aromatic N) is 3. The molecule has 1 aromatic carbocycles. The van der Waals surface area contributed by atoms with E-state index in [1.54, 1.807) is 6.20 Å². The van der Waals surface area contributed by atoms with Crippen molar-refractivity contribution >= 4 is 16.9 Å². The van der Waals surface area contributed by atoms with E-state index in [1.165, 1.54) is 0 Å². The first-order chi connectivity index (χ1) is 13.2. The van der Waals surface area contributed by atoms with Gasteiger partial charge in [0.1, 0.15) is 0 Å². The van der Waals surface area contributed by atoms with Crippen molar-refractivity contribution in [2.24, 2.45) is 0 Å². The highest BCUT2D eigenvalue weighted by Crippen LogP contribution is 2.31. The maximum absolute atomic E-state index is 9.21. The summed E-state index contributed by atoms with van der Waals surface area (Å²) in [7, 11) is 0. The first-order valence-electron chi connectivity index (χ1n) is 9.65. The Kier molecular flexibility index (Phi) is 4.35. The Balaban J connectivity index is 1.63. The summed E-state index contributed by atoms with van der Waals surface area (Å²) in [6.07, 6.45) is 5.73. The molecule has 0 bridgehead atoms. The third-order valence-electron chi connectivity index (χ3n) is 5.27. The monoisotopic (exact) mass is 374 g/mol. The molecule has 6 nitrogen and oxygen atoms in total. The Hall–Kier alpha value is -2.91. The zero-order chi connectivity index (χ0) is 19.9. The van der Waals surface area contributed by atoms with Crippen molar-refractivity contribution in [3.8, 4) is 17.3 Å². The fraction of sp³-hybridized carbons (Fsp3) is 0.409. The van der Waals surface area contributed by atoms with Crippen LogP contribution in [0.2, 0.25) is 0 Å². The number of nitriles is 1. The van der Waals surface area contributed by atoms with Gasteiger partial charge in [-0.05, 0) is 64.8 Å². The fourth-order valence-corrected chi connectivity index (χ4v) is 4.59. The van der Waals surface area contributed by atoms with Gasteiger partial charge in [0, 0.05) is 46.0 Å². The second kappa shape index (κ2) is 6.61. The van der Waals surface area contributed by atoms with Crippen molar-refractivity contribution in [2.75, 3.05) is 5.32 Å². The zero-order valence-electron chi connectivity index (χ0n) is 16.8. The van der Waals surface area contributed by atoms with Gasteiger partial charge in [-0.25, -0.2) is 9.97 Å². The zero-order valence-corrected chi connectivity index (χ0v) is 16.8. The van der Waals surface area contributed by atoms with Gasteiger partial charge in [-0.2, -0.15) is 5.26 Å². The molecule has 3 N–H and O–H groups in total. The van der Waals surface area contributed by atoms with Crippen LogP contribution >= 0.6 is 0 Å². The molecule has 1 fully saturated rings. The molecule has 0 radical (unpaired) electrons. The SMILES string of the molecule is CC1(C)CC(Nc2nccc(-c3c[nH]c4ccc(C#N)cc34)n2)CC(C)(C)N1. The van der Waals surface area contributed by atoms with Crippen LogP contribution in [-0.2, 0) is 0 Å². The normalized spacial score (nSPS) is 18.7. The second-order valence-electron chi connectivity index (χ2n) is 8.98. The predicted octanol–water partition coefficient (Wildman–Crippen LogP) is 4.22. The number of aromatic nitrogens is 3. The van der Waals surface area contributed by atoms with Crippen LogP contribution in [0.3, 0.4) is 0 Å². The van der Waals surface area contributed by atoms with Crippen molar-refractivity contribution in [2.45, 2.75) is 57.7 Å². The number of hydrogen-bond acceptors (Lipinski definition) is 5. The van der Waals surface area contributed by atoms with Crippen LogP contribution in [0, 0.1) is 11.3 Å². The van der Waals surface area contributed by atoms with E-state index >= 15 is 0 Å². The minimum atomic E-state index is 0.0571. The average Bonchev–Trinajstić information content (AvgIpc) is 3.02. The first kappa shape index (κ1) is 18.5. The summed E-state index contributed by atoms with van der Waals surface area (Å²) >= 11 is 0. The smallest absolute Gasteiger partial charge is 0.223 e. The van der Waals surface area contributed by atoms with E-state index in [0.717, 1.165) is 35.0 Å². The van der Waals surface area contributed by atoms with Crippen molar-refractivity contribution < 1.29 is 0 Å². The van der Waals surface area contributed by atoms with Crippen LogP contribution in [0.1, 0.15) is 46.1 Å². The molecule has 0 saturated carbocycles. The number of aromatic amines is 1. The van der Waals surface area contributed by atoms with Gasteiger partial charge in [-0.15, -0.1) is 0 Å². The van der Waals surface area contributed by atoms with Gasteiger partial charge in [0.05, 0.1) is 17.3 Å². The first-order valence-corrected chi connectivity index (χ1v) is 9.65. The number of H-pyrrole nitrogens is 1. The van der Waals surface area contributed by atoms with Crippen LogP contribution in [0.25, 0.3) is 22.2 Å². The predicted molar refractivity (Wildman–Crippen MR) is 112 cm³/mol. The quantitative estimate of drug-likeness (QED) is 0.639. The molecule has 1 aliphatic rings. The summed E-state index contributed by atoms with van der Waals surface area (Å²) in [6.45, 7) is 8.94. The maximum Gasteiger partial charge on any atom is 0.223 e. The van der Waals surface area contributed by atoms with Gasteiger partial charge < -0.3 is 15.6 Å². The Bertz CT molecular complexity index is 1040. The molecule has 6 heteroatoms. The number of nitrogens with one attached hydrogen (secondary N) is 3. The molecule has 1 saturated heterocycles. The van der Waals surface area contributed by atoms with Crippen LogP contribution in [-0.4, -0.2) is 32.1 Å². The van der Waals surface area contributed by atoms with Gasteiger partial charge in [0.25, 0.3) is 0 Å². The van der Waals surface area contributed by atoms with E-state index in [9.17, 15) is 5.26 Å². The van der Waals surface area contributed by atoms with Crippen molar-refractivity contribution in [3.63, 3.8) is 0 Å². The average molecular weight is 374 g/mol. The van der Waals surface area contributed by atoms with Crippen LogP contribution < -0.4 is 10.6 Å². The third kappa shape index (κ3) is 3.71. The van der Waals surface area contributed by atoms with Crippen molar-refractivity contribution in [3.05, 3.63) is 42.2 Å². The lowest BCUT2D eigenvalue weighted by Crippen LogP contribution is -2.60. The lowest BCUT2D eigenvalue weighted by Gasteiger charge is -2.46. The van der Waals surface area contributed by atoms with Crippen molar-refractivity contribution in [1.29, 1.82) is 5.26 Å². The molecule has 3 aromatic rings. The number of rotatable bonds is 3. The number of piperidine rings is 1. The summed E-state index contributed by atoms with van der Waals surface area (Å²) in [4.78, 5) is 12.5. The van der Waals surface area contributed by atoms with Gasteiger partial charge in [-0.1, -0.05) is 0 Å². The van der Waals surface area contributed by atoms with Gasteiger partial charge in [-0.3, -0.25) is 0 Å². The molecule has 1 aliphatic heterocycles. The minimum Gasteiger partial charge on any atom is -0.360 e. The van der Waals surface area contributed by atoms with E-state index < -0.39 is 0 Å². The molecular formula is C22H26N6. The summed E-state index contributed by atoms with van der Waals surface area (Å²) in [5, 5.41) is 17.4. The van der Waals surface area contributed by atoms with Crippen LogP contribution in [0.4, 0.5) is 5.95 Å². The third-order valence-corrected chi connectivity index (χ3v) is 5.27. The van der Waals surface area contributed by atoms with Gasteiger partial charge in [0.2, 0.25) is 5.95 Å². The highest BCUT2D eigenvalue weighted by atomic mass is 15.1. The van der Waals surface area contributed by atoms with Crippen LogP contribution in [0.5, 0.6) is 0 Å². The minimum absolute atomic E-state index is 0.0571. The number of anilines is 1. The van der Waals surface area contributed by atoms with Gasteiger partial charge >= 0.3 is 0 Å². The molecule has 3 heterocycles. The lowest BCUT2D eigenvalue weighted by molar-refractivity contribution is 0.170. The van der Waals surface area contributed by atoms with E-state index in [2.05, 4.69) is 54.4 Å². The summed E-state index contributed by atoms with van der Waals surface area (Å²) < 4.78 is 0. The molecule has 144 valence electrons. The molecule has 0 amide bonds. The molecule has 0 unspecified atom stereocenters. The topological polar surface area (TPSA) is 89.4 Å². The number of fused-ring (bicyclic) bond motifs is 1. The van der Waals surface area contributed by atoms with E-state index in [0.29, 0.717) is 17.6 Å². The van der Waals surface area contributed by atoms with Crippen molar-refractivity contribution in [1.82, 2.24) is 20.3 Å². The molecule has 0 spiro atoms. The highest BCUT2D eigenvalue weighted by Gasteiger charge is 2.37. The van der Waals surface area contributed by atoms with E-state index in [-0.39, 0.29) is 11.1 Å².